The fraction of sp³-hybridized carbons (Fsp3) is 0.696. The first-order valence-corrected chi connectivity index (χ1v) is 12.4. The number of ether oxygens (including phenoxy) is 1. The first-order valence-electron chi connectivity index (χ1n) is 12.4. The maximum Gasteiger partial charge on any atom is 0.410 e. The molecular formula is C23H37N5O12. The molecule has 17 heteroatoms. The van der Waals surface area contributed by atoms with E-state index in [2.05, 4.69) is 10.6 Å². The van der Waals surface area contributed by atoms with Crippen molar-refractivity contribution in [3.05, 3.63) is 0 Å². The van der Waals surface area contributed by atoms with Crippen LogP contribution in [-0.2, 0) is 33.5 Å². The van der Waals surface area contributed by atoms with Crippen molar-refractivity contribution in [2.24, 2.45) is 5.73 Å². The lowest BCUT2D eigenvalue weighted by atomic mass is 9.83. The van der Waals surface area contributed by atoms with E-state index >= 15 is 0 Å². The van der Waals surface area contributed by atoms with Crippen molar-refractivity contribution in [3.63, 3.8) is 0 Å². The molecule has 1 fully saturated rings. The molecule has 0 aromatic heterocycles. The van der Waals surface area contributed by atoms with E-state index in [4.69, 9.17) is 15.6 Å². The quantitative estimate of drug-likeness (QED) is 0.0870. The molecule has 1 aliphatic heterocycles. The van der Waals surface area contributed by atoms with E-state index < -0.39 is 96.9 Å². The predicted octanol–water partition coefficient (Wildman–Crippen LogP) is -3.89. The Labute approximate surface area is 229 Å². The van der Waals surface area contributed by atoms with Gasteiger partial charge in [-0.05, 0) is 33.1 Å². The maximum atomic E-state index is 13.3. The number of carboxylic acid groups (broad SMARTS) is 1. The van der Waals surface area contributed by atoms with Gasteiger partial charge in [0.15, 0.2) is 5.60 Å². The highest BCUT2D eigenvalue weighted by atomic mass is 16.6. The minimum absolute atomic E-state index is 0.284. The van der Waals surface area contributed by atoms with Crippen molar-refractivity contribution in [2.45, 2.75) is 82.4 Å². The molecule has 5 amide bonds. The van der Waals surface area contributed by atoms with E-state index in [9.17, 15) is 48.9 Å². The van der Waals surface area contributed by atoms with E-state index in [1.165, 1.54) is 11.8 Å². The zero-order valence-corrected chi connectivity index (χ0v) is 22.4. The van der Waals surface area contributed by atoms with Gasteiger partial charge in [-0.15, -0.1) is 0 Å². The third-order valence-electron chi connectivity index (χ3n) is 6.27. The van der Waals surface area contributed by atoms with E-state index in [1.54, 1.807) is 0 Å². The Morgan fingerprint density at radius 3 is 2.08 bits per heavy atom. The van der Waals surface area contributed by atoms with Crippen molar-refractivity contribution in [1.82, 2.24) is 20.9 Å². The van der Waals surface area contributed by atoms with Crippen LogP contribution in [0.15, 0.2) is 0 Å². The monoisotopic (exact) mass is 575 g/mol. The van der Waals surface area contributed by atoms with Gasteiger partial charge in [-0.25, -0.2) is 4.79 Å². The summed E-state index contributed by atoms with van der Waals surface area (Å²) < 4.78 is 5.39. The van der Waals surface area contributed by atoms with Gasteiger partial charge in [0, 0.05) is 26.4 Å². The van der Waals surface area contributed by atoms with E-state index in [-0.39, 0.29) is 13.1 Å². The largest absolute Gasteiger partial charge is 0.480 e. The van der Waals surface area contributed by atoms with Crippen LogP contribution in [0, 0.1) is 0 Å². The number of ketones is 1. The number of primary amides is 1. The summed E-state index contributed by atoms with van der Waals surface area (Å²) in [5, 5.41) is 45.4. The Morgan fingerprint density at radius 2 is 1.60 bits per heavy atom. The number of aliphatic carboxylic acids is 1. The van der Waals surface area contributed by atoms with Crippen molar-refractivity contribution in [2.75, 3.05) is 19.7 Å². The highest BCUT2D eigenvalue weighted by Gasteiger charge is 2.53. The van der Waals surface area contributed by atoms with Crippen LogP contribution in [0.25, 0.3) is 0 Å². The van der Waals surface area contributed by atoms with E-state index in [0.717, 1.165) is 13.8 Å². The van der Waals surface area contributed by atoms with Crippen LogP contribution < -0.4 is 21.7 Å². The zero-order valence-electron chi connectivity index (χ0n) is 22.4. The summed E-state index contributed by atoms with van der Waals surface area (Å²) in [6, 6.07) is -4.97. The molecule has 0 spiro atoms. The summed E-state index contributed by atoms with van der Waals surface area (Å²) in [5.74, 6) is -7.22. The van der Waals surface area contributed by atoms with Crippen molar-refractivity contribution < 1.29 is 58.7 Å². The van der Waals surface area contributed by atoms with Crippen LogP contribution in [0.4, 0.5) is 4.79 Å². The average molecular weight is 576 g/mol. The van der Waals surface area contributed by atoms with Crippen LogP contribution in [0.2, 0.25) is 0 Å². The zero-order chi connectivity index (χ0) is 30.8. The number of rotatable bonds is 15. The number of carbonyl (C=O) groups excluding carboxylic acids is 6. The smallest absolute Gasteiger partial charge is 0.410 e. The summed E-state index contributed by atoms with van der Waals surface area (Å²) >= 11 is 0. The van der Waals surface area contributed by atoms with Gasteiger partial charge in [0.05, 0.1) is 6.61 Å². The lowest BCUT2D eigenvalue weighted by Gasteiger charge is -2.41. The van der Waals surface area contributed by atoms with Crippen molar-refractivity contribution >= 4 is 41.5 Å². The van der Waals surface area contributed by atoms with Crippen LogP contribution in [-0.4, -0.2) is 122 Å². The molecule has 0 saturated carbocycles. The first kappa shape index (κ1) is 34.2. The number of nitrogens with zero attached hydrogens (tertiary/aromatic N) is 1. The number of Topliss-reactive ketones (excluding diaryl/α,β-unsaturated/α-hetero) is 1. The summed E-state index contributed by atoms with van der Waals surface area (Å²) in [6.07, 6.45) is -4.81. The minimum Gasteiger partial charge on any atom is -0.480 e. The molecule has 2 unspecified atom stereocenters. The van der Waals surface area contributed by atoms with Gasteiger partial charge in [-0.1, -0.05) is 0 Å². The molecule has 40 heavy (non-hydrogen) atoms. The average Bonchev–Trinajstić information content (AvgIpc) is 3.43. The highest BCUT2D eigenvalue weighted by Crippen LogP contribution is 2.27. The molecule has 0 aromatic rings. The predicted molar refractivity (Wildman–Crippen MR) is 133 cm³/mol. The summed E-state index contributed by atoms with van der Waals surface area (Å²) in [6.45, 7) is 2.65. The molecule has 1 aliphatic rings. The van der Waals surface area contributed by atoms with Crippen molar-refractivity contribution in [1.29, 1.82) is 0 Å². The Balaban J connectivity index is 3.23. The second-order valence-electron chi connectivity index (χ2n) is 9.53. The molecule has 17 nitrogen and oxygen atoms in total. The maximum absolute atomic E-state index is 13.3. The number of nitrogens with one attached hydrogen (secondary N) is 3. The Kier molecular flexibility index (Phi) is 12.9. The molecule has 9 N–H and O–H groups in total. The summed E-state index contributed by atoms with van der Waals surface area (Å²) in [4.78, 5) is 86.9. The highest BCUT2D eigenvalue weighted by molar-refractivity contribution is 6.39. The molecule has 1 heterocycles. The van der Waals surface area contributed by atoms with Gasteiger partial charge in [0.2, 0.25) is 23.5 Å². The first-order chi connectivity index (χ1) is 18.5. The van der Waals surface area contributed by atoms with Gasteiger partial charge >= 0.3 is 12.1 Å². The fourth-order valence-electron chi connectivity index (χ4n) is 3.89. The second-order valence-corrected chi connectivity index (χ2v) is 9.53. The lowest BCUT2D eigenvalue weighted by molar-refractivity contribution is -0.163. The van der Waals surface area contributed by atoms with Crippen LogP contribution >= 0.6 is 0 Å². The molecular weight excluding hydrogens is 538 g/mol. The number of hydrogen-bond acceptors (Lipinski definition) is 11. The van der Waals surface area contributed by atoms with Gasteiger partial charge in [0.25, 0.3) is 5.91 Å². The minimum atomic E-state index is -2.50. The molecule has 1 rings (SSSR count). The Hall–Kier alpha value is -3.83. The molecule has 1 saturated heterocycles. The molecule has 0 aliphatic carbocycles. The fourth-order valence-corrected chi connectivity index (χ4v) is 3.89. The second kappa shape index (κ2) is 15.1. The number of aliphatic hydroxyl groups is 3. The number of carbonyl (C=O) groups is 7. The standard InChI is InChI=1S/C23H37N5O12/c1-11(21(37)38)25-15(32)7-6-13(19(24)35)27-20(36)16(33)17(26-12(2)30)23(3,18(34)14(31)10-29)40-22(39)28-8-4-5-9-28/h11,13-14,17-18,29,31,34H,4-10H2,1-3H3,(H2,24,35)(H,25,32)(H,26,30)(H,27,36)(H,37,38)/t11?,13?,14-,17+,18-,23-/m1/s1. The number of nitrogens with two attached hydrogens (primary N) is 1. The van der Waals surface area contributed by atoms with Gasteiger partial charge in [-0.3, -0.25) is 28.8 Å². The summed E-state index contributed by atoms with van der Waals surface area (Å²) in [5.41, 5.74) is 2.77. The Bertz CT molecular complexity index is 985. The summed E-state index contributed by atoms with van der Waals surface area (Å²) in [7, 11) is 0. The molecule has 0 bridgehead atoms. The van der Waals surface area contributed by atoms with Gasteiger partial charge in [0.1, 0.15) is 30.3 Å². The molecule has 226 valence electrons. The Morgan fingerprint density at radius 1 is 1.02 bits per heavy atom. The third-order valence-corrected chi connectivity index (χ3v) is 6.27. The molecule has 0 radical (unpaired) electrons. The van der Waals surface area contributed by atoms with Gasteiger partial charge < -0.3 is 51.7 Å². The SMILES string of the molecule is CC(=O)N[C@@H](C(=O)C(=O)NC(CCC(=O)NC(C)C(=O)O)C(N)=O)[C@@](C)(OC(=O)N1CCCC1)[C@H](O)[C@H](O)CO. The van der Waals surface area contributed by atoms with Gasteiger partial charge in [-0.2, -0.15) is 0 Å². The number of amides is 5. The number of carboxylic acids is 1. The lowest BCUT2D eigenvalue weighted by Crippen LogP contribution is -2.68. The molecule has 0 aromatic carbocycles. The van der Waals surface area contributed by atoms with Crippen LogP contribution in [0.5, 0.6) is 0 Å². The van der Waals surface area contributed by atoms with E-state index in [0.29, 0.717) is 12.8 Å². The molecule has 6 atom stereocenters. The number of aliphatic hydroxyl groups excluding tert-OH is 3. The van der Waals surface area contributed by atoms with Crippen molar-refractivity contribution in [3.8, 4) is 0 Å². The van der Waals surface area contributed by atoms with Crippen LogP contribution in [0.3, 0.4) is 0 Å². The number of hydrogen-bond donors (Lipinski definition) is 8. The number of likely N-dealkylation sites (tertiary alicyclic amines) is 1. The third kappa shape index (κ3) is 9.42. The topological polar surface area (TPSA) is 275 Å². The normalized spacial score (nSPS) is 18.2. The van der Waals surface area contributed by atoms with E-state index in [1.807, 2.05) is 5.32 Å². The van der Waals surface area contributed by atoms with Crippen LogP contribution in [0.1, 0.15) is 46.5 Å².